The molecular formula is C22H36O4. The number of rotatable bonds is 15. The Morgan fingerprint density at radius 2 is 1.50 bits per heavy atom. The summed E-state index contributed by atoms with van der Waals surface area (Å²) in [5.74, 6) is -1.20. The van der Waals surface area contributed by atoms with Gasteiger partial charge in [-0.25, -0.2) is 4.79 Å². The predicted octanol–water partition coefficient (Wildman–Crippen LogP) is 5.69. The van der Waals surface area contributed by atoms with Crippen molar-refractivity contribution in [3.05, 3.63) is 29.3 Å². The molecule has 0 heterocycles. The zero-order chi connectivity index (χ0) is 19.2. The SMILES string of the molecule is CCC[C@@H](O)CCCCCCCCCCCc1cccc(O)c1C(=O)O. The van der Waals surface area contributed by atoms with Crippen LogP contribution in [0.2, 0.25) is 0 Å². The van der Waals surface area contributed by atoms with Crippen LogP contribution in [0, 0.1) is 0 Å². The molecule has 3 N–H and O–H groups in total. The third-order valence-corrected chi connectivity index (χ3v) is 4.95. The van der Waals surface area contributed by atoms with E-state index in [4.69, 9.17) is 0 Å². The molecule has 4 nitrogen and oxygen atoms in total. The Kier molecular flexibility index (Phi) is 11.8. The normalized spacial score (nSPS) is 12.2. The molecule has 0 aliphatic rings. The third-order valence-electron chi connectivity index (χ3n) is 4.95. The molecule has 1 atom stereocenters. The first-order valence-corrected chi connectivity index (χ1v) is 10.3. The number of aromatic carboxylic acids is 1. The van der Waals surface area contributed by atoms with Crippen molar-refractivity contribution >= 4 is 5.97 Å². The number of unbranched alkanes of at least 4 members (excludes halogenated alkanes) is 8. The maximum atomic E-state index is 11.2. The van der Waals surface area contributed by atoms with Gasteiger partial charge in [-0.3, -0.25) is 0 Å². The summed E-state index contributed by atoms with van der Waals surface area (Å²) in [6, 6.07) is 4.93. The molecule has 148 valence electrons. The summed E-state index contributed by atoms with van der Waals surface area (Å²) in [7, 11) is 0. The first kappa shape index (κ1) is 22.5. The van der Waals surface area contributed by atoms with Gasteiger partial charge >= 0.3 is 5.97 Å². The molecule has 0 aromatic heterocycles. The van der Waals surface area contributed by atoms with E-state index in [1.54, 1.807) is 12.1 Å². The second-order valence-electron chi connectivity index (χ2n) is 7.28. The molecular weight excluding hydrogens is 328 g/mol. The highest BCUT2D eigenvalue weighted by molar-refractivity contribution is 5.92. The minimum atomic E-state index is -1.06. The van der Waals surface area contributed by atoms with Crippen LogP contribution in [0.5, 0.6) is 5.75 Å². The molecule has 1 rings (SSSR count). The first-order chi connectivity index (χ1) is 12.6. The Morgan fingerprint density at radius 1 is 0.923 bits per heavy atom. The van der Waals surface area contributed by atoms with Gasteiger partial charge in [-0.1, -0.05) is 76.8 Å². The van der Waals surface area contributed by atoms with Crippen LogP contribution in [0.4, 0.5) is 0 Å². The number of aliphatic hydroxyl groups excluding tert-OH is 1. The predicted molar refractivity (Wildman–Crippen MR) is 106 cm³/mol. The molecule has 1 aromatic rings. The number of carboxylic acids is 1. The van der Waals surface area contributed by atoms with Gasteiger partial charge in [0, 0.05) is 0 Å². The van der Waals surface area contributed by atoms with Crippen molar-refractivity contribution in [3.63, 3.8) is 0 Å². The van der Waals surface area contributed by atoms with Crippen LogP contribution in [0.1, 0.15) is 99.9 Å². The minimum absolute atomic E-state index is 0.0524. The van der Waals surface area contributed by atoms with Gasteiger partial charge in [0.15, 0.2) is 0 Å². The Balaban J connectivity index is 2.02. The third kappa shape index (κ3) is 9.23. The molecule has 0 saturated heterocycles. The van der Waals surface area contributed by atoms with Crippen molar-refractivity contribution in [1.82, 2.24) is 0 Å². The topological polar surface area (TPSA) is 77.8 Å². The molecule has 0 fully saturated rings. The number of benzene rings is 1. The van der Waals surface area contributed by atoms with Crippen molar-refractivity contribution in [1.29, 1.82) is 0 Å². The molecule has 4 heteroatoms. The van der Waals surface area contributed by atoms with Crippen LogP contribution >= 0.6 is 0 Å². The Hall–Kier alpha value is -1.55. The lowest BCUT2D eigenvalue weighted by atomic mass is 9.99. The van der Waals surface area contributed by atoms with Gasteiger partial charge in [-0.15, -0.1) is 0 Å². The van der Waals surface area contributed by atoms with E-state index in [2.05, 4.69) is 6.92 Å². The van der Waals surface area contributed by atoms with E-state index in [0.29, 0.717) is 6.42 Å². The zero-order valence-corrected chi connectivity index (χ0v) is 16.3. The van der Waals surface area contributed by atoms with Gasteiger partial charge < -0.3 is 15.3 Å². The Bertz CT molecular complexity index is 513. The van der Waals surface area contributed by atoms with Crippen LogP contribution in [0.25, 0.3) is 0 Å². The van der Waals surface area contributed by atoms with Crippen LogP contribution in [0.15, 0.2) is 18.2 Å². The molecule has 0 spiro atoms. The van der Waals surface area contributed by atoms with Crippen LogP contribution < -0.4 is 0 Å². The number of hydrogen-bond acceptors (Lipinski definition) is 3. The highest BCUT2D eigenvalue weighted by Gasteiger charge is 2.14. The minimum Gasteiger partial charge on any atom is -0.507 e. The largest absolute Gasteiger partial charge is 0.507 e. The van der Waals surface area contributed by atoms with E-state index in [1.165, 1.54) is 44.6 Å². The summed E-state index contributed by atoms with van der Waals surface area (Å²) in [6.45, 7) is 2.11. The maximum absolute atomic E-state index is 11.2. The number of phenols is 1. The van der Waals surface area contributed by atoms with E-state index in [-0.39, 0.29) is 17.4 Å². The van der Waals surface area contributed by atoms with Crippen molar-refractivity contribution in [3.8, 4) is 5.75 Å². The highest BCUT2D eigenvalue weighted by atomic mass is 16.4. The fourth-order valence-electron chi connectivity index (χ4n) is 3.45. The lowest BCUT2D eigenvalue weighted by Crippen LogP contribution is -2.04. The van der Waals surface area contributed by atoms with Crippen molar-refractivity contribution < 1.29 is 20.1 Å². The molecule has 0 amide bonds. The zero-order valence-electron chi connectivity index (χ0n) is 16.3. The van der Waals surface area contributed by atoms with Crippen LogP contribution in [0.3, 0.4) is 0 Å². The van der Waals surface area contributed by atoms with Crippen LogP contribution in [-0.4, -0.2) is 27.4 Å². The maximum Gasteiger partial charge on any atom is 0.339 e. The summed E-state index contributed by atoms with van der Waals surface area (Å²) in [4.78, 5) is 11.2. The summed E-state index contributed by atoms with van der Waals surface area (Å²) in [5.41, 5.74) is 0.777. The van der Waals surface area contributed by atoms with Crippen molar-refractivity contribution in [2.75, 3.05) is 0 Å². The summed E-state index contributed by atoms with van der Waals surface area (Å²) in [5, 5.41) is 28.5. The molecule has 26 heavy (non-hydrogen) atoms. The number of hydrogen-bond donors (Lipinski definition) is 3. The Labute approximate surface area is 158 Å². The number of aliphatic hydroxyl groups is 1. The summed E-state index contributed by atoms with van der Waals surface area (Å²) in [6.07, 6.45) is 14.1. The second kappa shape index (κ2) is 13.6. The molecule has 0 aliphatic heterocycles. The average molecular weight is 365 g/mol. The van der Waals surface area contributed by atoms with Crippen LogP contribution in [-0.2, 0) is 6.42 Å². The van der Waals surface area contributed by atoms with Crippen molar-refractivity contribution in [2.45, 2.75) is 96.5 Å². The van der Waals surface area contributed by atoms with E-state index >= 15 is 0 Å². The molecule has 0 bridgehead atoms. The van der Waals surface area contributed by atoms with E-state index in [9.17, 15) is 20.1 Å². The summed E-state index contributed by atoms with van der Waals surface area (Å²) >= 11 is 0. The fourth-order valence-corrected chi connectivity index (χ4v) is 3.45. The van der Waals surface area contributed by atoms with Gasteiger partial charge in [0.05, 0.1) is 6.10 Å². The Morgan fingerprint density at radius 3 is 2.08 bits per heavy atom. The number of carbonyl (C=O) groups is 1. The highest BCUT2D eigenvalue weighted by Crippen LogP contribution is 2.23. The van der Waals surface area contributed by atoms with Crippen molar-refractivity contribution in [2.24, 2.45) is 0 Å². The lowest BCUT2D eigenvalue weighted by molar-refractivity contribution is 0.0692. The monoisotopic (exact) mass is 364 g/mol. The quantitative estimate of drug-likeness (QED) is 0.349. The van der Waals surface area contributed by atoms with E-state index < -0.39 is 5.97 Å². The smallest absolute Gasteiger partial charge is 0.339 e. The molecule has 0 radical (unpaired) electrons. The second-order valence-corrected chi connectivity index (χ2v) is 7.28. The summed E-state index contributed by atoms with van der Waals surface area (Å²) < 4.78 is 0. The van der Waals surface area contributed by atoms with Gasteiger partial charge in [-0.05, 0) is 37.3 Å². The average Bonchev–Trinajstić information content (AvgIpc) is 2.59. The number of carboxylic acid groups (broad SMARTS) is 1. The molecule has 0 saturated carbocycles. The van der Waals surface area contributed by atoms with E-state index in [0.717, 1.165) is 44.1 Å². The standard InChI is InChI=1S/C22H36O4/c1-2-13-19(23)16-11-9-7-5-3-4-6-8-10-14-18-15-12-17-20(24)21(18)22(25)26/h12,15,17,19,23-24H,2-11,13-14,16H2,1H3,(H,25,26)/t19-/m1/s1. The number of aryl methyl sites for hydroxylation is 1. The lowest BCUT2D eigenvalue weighted by Gasteiger charge is -2.08. The van der Waals surface area contributed by atoms with Gasteiger partial charge in [0.2, 0.25) is 0 Å². The van der Waals surface area contributed by atoms with Gasteiger partial charge in [0.1, 0.15) is 11.3 Å². The first-order valence-electron chi connectivity index (χ1n) is 10.3. The van der Waals surface area contributed by atoms with Gasteiger partial charge in [0.25, 0.3) is 0 Å². The molecule has 0 aliphatic carbocycles. The molecule has 0 unspecified atom stereocenters. The van der Waals surface area contributed by atoms with Gasteiger partial charge in [-0.2, -0.15) is 0 Å². The van der Waals surface area contributed by atoms with E-state index in [1.807, 2.05) is 0 Å². The fraction of sp³-hybridized carbons (Fsp3) is 0.682. The number of aromatic hydroxyl groups is 1. The molecule has 1 aromatic carbocycles.